The number of hydrogen-bond acceptors (Lipinski definition) is 3. The molecule has 0 radical (unpaired) electrons. The van der Waals surface area contributed by atoms with Crippen molar-refractivity contribution in [2.24, 2.45) is 0 Å². The van der Waals surface area contributed by atoms with Crippen LogP contribution in [0.4, 0.5) is 0 Å². The second kappa shape index (κ2) is 9.92. The fraction of sp³-hybridized carbons (Fsp3) is 0.647. The van der Waals surface area contributed by atoms with Gasteiger partial charge in [-0.15, -0.1) is 0 Å². The SMILES string of the molecule is CCCc1ccc(C(C)NCCN(C)CCOC)cc1. The van der Waals surface area contributed by atoms with Crippen molar-refractivity contribution in [2.75, 3.05) is 40.4 Å². The molecule has 0 spiro atoms. The first-order chi connectivity index (χ1) is 9.67. The predicted octanol–water partition coefficient (Wildman–Crippen LogP) is 2.87. The van der Waals surface area contributed by atoms with E-state index in [-0.39, 0.29) is 0 Å². The number of nitrogens with zero attached hydrogens (tertiary/aromatic N) is 1. The second-order valence-electron chi connectivity index (χ2n) is 5.46. The molecule has 1 rings (SSSR count). The average molecular weight is 278 g/mol. The molecular formula is C17H30N2O. The zero-order valence-electron chi connectivity index (χ0n) is 13.5. The first kappa shape index (κ1) is 17.2. The number of hydrogen-bond donors (Lipinski definition) is 1. The predicted molar refractivity (Wildman–Crippen MR) is 86.2 cm³/mol. The Kier molecular flexibility index (Phi) is 8.51. The maximum Gasteiger partial charge on any atom is 0.0589 e. The quantitative estimate of drug-likeness (QED) is 0.712. The maximum atomic E-state index is 5.08. The van der Waals surface area contributed by atoms with Gasteiger partial charge in [0.05, 0.1) is 6.61 Å². The Labute approximate surface area is 124 Å². The van der Waals surface area contributed by atoms with Gasteiger partial charge in [0.25, 0.3) is 0 Å². The van der Waals surface area contributed by atoms with E-state index in [0.29, 0.717) is 6.04 Å². The molecule has 0 heterocycles. The van der Waals surface area contributed by atoms with E-state index in [0.717, 1.165) is 26.2 Å². The Morgan fingerprint density at radius 2 is 1.90 bits per heavy atom. The third-order valence-corrected chi connectivity index (χ3v) is 3.64. The molecule has 1 aromatic rings. The number of benzene rings is 1. The van der Waals surface area contributed by atoms with Gasteiger partial charge in [0, 0.05) is 32.8 Å². The Morgan fingerprint density at radius 3 is 2.50 bits per heavy atom. The van der Waals surface area contributed by atoms with Gasteiger partial charge in [-0.2, -0.15) is 0 Å². The van der Waals surface area contributed by atoms with Crippen LogP contribution in [0, 0.1) is 0 Å². The molecule has 0 saturated heterocycles. The van der Waals surface area contributed by atoms with Crippen LogP contribution in [0.5, 0.6) is 0 Å². The van der Waals surface area contributed by atoms with E-state index < -0.39 is 0 Å². The molecule has 114 valence electrons. The minimum absolute atomic E-state index is 0.404. The van der Waals surface area contributed by atoms with Crippen molar-refractivity contribution in [2.45, 2.75) is 32.7 Å². The molecule has 1 atom stereocenters. The third-order valence-electron chi connectivity index (χ3n) is 3.64. The Bertz CT molecular complexity index is 351. The third kappa shape index (κ3) is 6.51. The first-order valence-corrected chi connectivity index (χ1v) is 7.67. The summed E-state index contributed by atoms with van der Waals surface area (Å²) in [5, 5.41) is 3.58. The number of nitrogens with one attached hydrogen (secondary N) is 1. The molecule has 0 aromatic heterocycles. The van der Waals surface area contributed by atoms with Crippen LogP contribution < -0.4 is 5.32 Å². The maximum absolute atomic E-state index is 5.08. The zero-order valence-corrected chi connectivity index (χ0v) is 13.5. The van der Waals surface area contributed by atoms with Gasteiger partial charge in [-0.1, -0.05) is 37.6 Å². The van der Waals surface area contributed by atoms with E-state index in [4.69, 9.17) is 4.74 Å². The lowest BCUT2D eigenvalue weighted by Crippen LogP contribution is -2.32. The molecule has 3 heteroatoms. The van der Waals surface area contributed by atoms with Gasteiger partial charge in [-0.05, 0) is 31.5 Å². The summed E-state index contributed by atoms with van der Waals surface area (Å²) in [6.07, 6.45) is 2.38. The van der Waals surface area contributed by atoms with Gasteiger partial charge >= 0.3 is 0 Å². The van der Waals surface area contributed by atoms with Crippen LogP contribution in [0.1, 0.15) is 37.4 Å². The lowest BCUT2D eigenvalue weighted by atomic mass is 10.0. The standard InChI is InChI=1S/C17H30N2O/c1-5-6-16-7-9-17(10-8-16)15(2)18-11-12-19(3)13-14-20-4/h7-10,15,18H,5-6,11-14H2,1-4H3. The highest BCUT2D eigenvalue weighted by Gasteiger charge is 2.05. The van der Waals surface area contributed by atoms with E-state index in [1.54, 1.807) is 7.11 Å². The van der Waals surface area contributed by atoms with Crippen molar-refractivity contribution in [1.29, 1.82) is 0 Å². The lowest BCUT2D eigenvalue weighted by molar-refractivity contribution is 0.161. The van der Waals surface area contributed by atoms with Gasteiger partial charge in [-0.25, -0.2) is 0 Å². The van der Waals surface area contributed by atoms with Gasteiger partial charge < -0.3 is 15.0 Å². The minimum atomic E-state index is 0.404. The molecule has 0 saturated carbocycles. The summed E-state index contributed by atoms with van der Waals surface area (Å²) in [6, 6.07) is 9.40. The Balaban J connectivity index is 2.29. The van der Waals surface area contributed by atoms with E-state index in [2.05, 4.69) is 55.4 Å². The minimum Gasteiger partial charge on any atom is -0.383 e. The molecule has 3 nitrogen and oxygen atoms in total. The molecule has 1 unspecified atom stereocenters. The fourth-order valence-corrected chi connectivity index (χ4v) is 2.21. The van der Waals surface area contributed by atoms with Crippen LogP contribution in [0.3, 0.4) is 0 Å². The molecule has 0 bridgehead atoms. The summed E-state index contributed by atoms with van der Waals surface area (Å²) in [5.74, 6) is 0. The Hall–Kier alpha value is -0.900. The summed E-state index contributed by atoms with van der Waals surface area (Å²) in [5.41, 5.74) is 2.80. The van der Waals surface area contributed by atoms with Crippen LogP contribution in [0.2, 0.25) is 0 Å². The highest BCUT2D eigenvalue weighted by atomic mass is 16.5. The smallest absolute Gasteiger partial charge is 0.0589 e. The van der Waals surface area contributed by atoms with E-state index in [1.165, 1.54) is 24.0 Å². The van der Waals surface area contributed by atoms with E-state index in [9.17, 15) is 0 Å². The van der Waals surface area contributed by atoms with Crippen molar-refractivity contribution >= 4 is 0 Å². The normalized spacial score (nSPS) is 12.8. The number of ether oxygens (including phenoxy) is 1. The molecule has 0 fully saturated rings. The van der Waals surface area contributed by atoms with Crippen molar-refractivity contribution in [1.82, 2.24) is 10.2 Å². The van der Waals surface area contributed by atoms with Crippen molar-refractivity contribution in [3.63, 3.8) is 0 Å². The average Bonchev–Trinajstić information content (AvgIpc) is 2.46. The summed E-state index contributed by atoms with van der Waals surface area (Å²) in [7, 11) is 3.88. The van der Waals surface area contributed by atoms with Gasteiger partial charge in [0.1, 0.15) is 0 Å². The molecule has 0 aliphatic rings. The lowest BCUT2D eigenvalue weighted by Gasteiger charge is -2.19. The van der Waals surface area contributed by atoms with Gasteiger partial charge in [0.15, 0.2) is 0 Å². The number of aryl methyl sites for hydroxylation is 1. The Morgan fingerprint density at radius 1 is 1.20 bits per heavy atom. The number of methoxy groups -OCH3 is 1. The fourth-order valence-electron chi connectivity index (χ4n) is 2.21. The summed E-state index contributed by atoms with van der Waals surface area (Å²) >= 11 is 0. The van der Waals surface area contributed by atoms with E-state index >= 15 is 0 Å². The largest absolute Gasteiger partial charge is 0.383 e. The monoisotopic (exact) mass is 278 g/mol. The van der Waals surface area contributed by atoms with Crippen LogP contribution >= 0.6 is 0 Å². The summed E-state index contributed by atoms with van der Waals surface area (Å²) in [6.45, 7) is 8.27. The molecule has 0 amide bonds. The van der Waals surface area contributed by atoms with Crippen molar-refractivity contribution < 1.29 is 4.74 Å². The van der Waals surface area contributed by atoms with Crippen LogP contribution in [0.25, 0.3) is 0 Å². The topological polar surface area (TPSA) is 24.5 Å². The molecule has 0 aliphatic carbocycles. The molecule has 20 heavy (non-hydrogen) atoms. The summed E-state index contributed by atoms with van der Waals surface area (Å²) < 4.78 is 5.08. The molecule has 1 N–H and O–H groups in total. The first-order valence-electron chi connectivity index (χ1n) is 7.67. The zero-order chi connectivity index (χ0) is 14.8. The highest BCUT2D eigenvalue weighted by Crippen LogP contribution is 2.14. The highest BCUT2D eigenvalue weighted by molar-refractivity contribution is 5.24. The molecule has 1 aromatic carbocycles. The van der Waals surface area contributed by atoms with Crippen LogP contribution in [-0.2, 0) is 11.2 Å². The van der Waals surface area contributed by atoms with Gasteiger partial charge in [-0.3, -0.25) is 0 Å². The number of likely N-dealkylation sites (N-methyl/N-ethyl adjacent to an activating group) is 1. The second-order valence-corrected chi connectivity index (χ2v) is 5.46. The molecule has 0 aliphatic heterocycles. The van der Waals surface area contributed by atoms with E-state index in [1.807, 2.05) is 0 Å². The van der Waals surface area contributed by atoms with Crippen LogP contribution in [-0.4, -0.2) is 45.3 Å². The van der Waals surface area contributed by atoms with Crippen molar-refractivity contribution in [3.05, 3.63) is 35.4 Å². The van der Waals surface area contributed by atoms with Gasteiger partial charge in [0.2, 0.25) is 0 Å². The van der Waals surface area contributed by atoms with Crippen LogP contribution in [0.15, 0.2) is 24.3 Å². The number of rotatable bonds is 10. The summed E-state index contributed by atoms with van der Waals surface area (Å²) in [4.78, 5) is 2.29. The van der Waals surface area contributed by atoms with Crippen molar-refractivity contribution in [3.8, 4) is 0 Å². The molecular weight excluding hydrogens is 248 g/mol.